The zero-order valence-electron chi connectivity index (χ0n) is 11.6. The number of hydrogen-bond donors (Lipinski definition) is 1. The van der Waals surface area contributed by atoms with Crippen molar-refractivity contribution in [2.75, 3.05) is 19.8 Å². The Morgan fingerprint density at radius 2 is 2.00 bits per heavy atom. The molecule has 0 radical (unpaired) electrons. The first kappa shape index (κ1) is 14.0. The normalized spacial score (nSPS) is 23.1. The molecule has 1 aliphatic rings. The standard InChI is InChI=1S/C15H22N2O2/c1-3-13-16-14(12-8-6-5-7-9-12)15(18)17(13)10-11-19-4-2/h5-9,13-14,16H,3-4,10-11H2,1-2H3. The maximum absolute atomic E-state index is 12.5. The zero-order valence-corrected chi connectivity index (χ0v) is 11.6. The van der Waals surface area contributed by atoms with Crippen molar-refractivity contribution in [1.82, 2.24) is 10.2 Å². The number of rotatable bonds is 6. The van der Waals surface area contributed by atoms with E-state index in [0.29, 0.717) is 19.8 Å². The Morgan fingerprint density at radius 3 is 2.63 bits per heavy atom. The van der Waals surface area contributed by atoms with E-state index in [0.717, 1.165) is 12.0 Å². The number of carbonyl (C=O) groups is 1. The van der Waals surface area contributed by atoms with E-state index in [4.69, 9.17) is 4.74 Å². The molecule has 19 heavy (non-hydrogen) atoms. The zero-order chi connectivity index (χ0) is 13.7. The molecule has 104 valence electrons. The summed E-state index contributed by atoms with van der Waals surface area (Å²) in [7, 11) is 0. The number of carbonyl (C=O) groups excluding carboxylic acids is 1. The highest BCUT2D eigenvalue weighted by Gasteiger charge is 2.38. The quantitative estimate of drug-likeness (QED) is 0.797. The first-order chi connectivity index (χ1) is 9.27. The molecule has 2 atom stereocenters. The van der Waals surface area contributed by atoms with Crippen LogP contribution in [0.2, 0.25) is 0 Å². The van der Waals surface area contributed by atoms with Gasteiger partial charge < -0.3 is 9.64 Å². The summed E-state index contributed by atoms with van der Waals surface area (Å²) in [6, 6.07) is 9.67. The molecule has 1 fully saturated rings. The van der Waals surface area contributed by atoms with Gasteiger partial charge in [-0.2, -0.15) is 0 Å². The Labute approximate surface area is 114 Å². The third kappa shape index (κ3) is 3.14. The van der Waals surface area contributed by atoms with Crippen LogP contribution in [-0.2, 0) is 9.53 Å². The molecule has 0 aliphatic carbocycles. The van der Waals surface area contributed by atoms with Gasteiger partial charge in [-0.1, -0.05) is 37.3 Å². The average Bonchev–Trinajstić information content (AvgIpc) is 2.77. The summed E-state index contributed by atoms with van der Waals surface area (Å²) in [6.07, 6.45) is 1.01. The molecule has 1 aromatic carbocycles. The molecule has 2 rings (SSSR count). The van der Waals surface area contributed by atoms with E-state index in [1.807, 2.05) is 42.2 Å². The summed E-state index contributed by atoms with van der Waals surface area (Å²) in [6.45, 7) is 6.00. The second-order valence-corrected chi connectivity index (χ2v) is 4.66. The van der Waals surface area contributed by atoms with Crippen molar-refractivity contribution in [2.24, 2.45) is 0 Å². The molecule has 1 N–H and O–H groups in total. The number of ether oxygens (including phenoxy) is 1. The second-order valence-electron chi connectivity index (χ2n) is 4.66. The Balaban J connectivity index is 2.07. The summed E-state index contributed by atoms with van der Waals surface area (Å²) >= 11 is 0. The fraction of sp³-hybridized carbons (Fsp3) is 0.533. The molecular formula is C15H22N2O2. The van der Waals surface area contributed by atoms with Crippen LogP contribution in [0.4, 0.5) is 0 Å². The Hall–Kier alpha value is -1.39. The van der Waals surface area contributed by atoms with Crippen LogP contribution in [0.3, 0.4) is 0 Å². The molecule has 2 unspecified atom stereocenters. The van der Waals surface area contributed by atoms with Crippen LogP contribution < -0.4 is 5.32 Å². The van der Waals surface area contributed by atoms with Crippen LogP contribution in [0.15, 0.2) is 30.3 Å². The van der Waals surface area contributed by atoms with Crippen LogP contribution in [-0.4, -0.2) is 36.7 Å². The molecule has 0 spiro atoms. The molecule has 1 amide bonds. The lowest BCUT2D eigenvalue weighted by Crippen LogP contribution is -2.38. The minimum Gasteiger partial charge on any atom is -0.380 e. The largest absolute Gasteiger partial charge is 0.380 e. The van der Waals surface area contributed by atoms with Gasteiger partial charge in [-0.15, -0.1) is 0 Å². The molecular weight excluding hydrogens is 240 g/mol. The van der Waals surface area contributed by atoms with Gasteiger partial charge in [0.1, 0.15) is 6.04 Å². The van der Waals surface area contributed by atoms with Crippen molar-refractivity contribution in [3.05, 3.63) is 35.9 Å². The monoisotopic (exact) mass is 262 g/mol. The third-order valence-electron chi connectivity index (χ3n) is 3.47. The fourth-order valence-corrected chi connectivity index (χ4v) is 2.47. The van der Waals surface area contributed by atoms with Crippen molar-refractivity contribution >= 4 is 5.91 Å². The van der Waals surface area contributed by atoms with Crippen molar-refractivity contribution in [3.63, 3.8) is 0 Å². The van der Waals surface area contributed by atoms with Gasteiger partial charge in [0, 0.05) is 13.2 Å². The van der Waals surface area contributed by atoms with E-state index >= 15 is 0 Å². The SMILES string of the molecule is CCOCCN1C(=O)C(c2ccccc2)NC1CC. The number of amides is 1. The topological polar surface area (TPSA) is 41.6 Å². The summed E-state index contributed by atoms with van der Waals surface area (Å²) in [4.78, 5) is 14.4. The molecule has 1 aliphatic heterocycles. The lowest BCUT2D eigenvalue weighted by atomic mass is 10.1. The molecule has 0 bridgehead atoms. The first-order valence-corrected chi connectivity index (χ1v) is 6.97. The highest BCUT2D eigenvalue weighted by molar-refractivity contribution is 5.85. The van der Waals surface area contributed by atoms with Gasteiger partial charge in [0.2, 0.25) is 5.91 Å². The molecule has 1 heterocycles. The lowest BCUT2D eigenvalue weighted by Gasteiger charge is -2.22. The van der Waals surface area contributed by atoms with Crippen molar-refractivity contribution in [3.8, 4) is 0 Å². The maximum atomic E-state index is 12.5. The van der Waals surface area contributed by atoms with E-state index in [9.17, 15) is 4.79 Å². The number of nitrogens with one attached hydrogen (secondary N) is 1. The number of hydrogen-bond acceptors (Lipinski definition) is 3. The lowest BCUT2D eigenvalue weighted by molar-refractivity contribution is -0.130. The van der Waals surface area contributed by atoms with E-state index in [2.05, 4.69) is 12.2 Å². The molecule has 1 aromatic rings. The minimum atomic E-state index is -0.215. The fourth-order valence-electron chi connectivity index (χ4n) is 2.47. The molecule has 1 saturated heterocycles. The van der Waals surface area contributed by atoms with Gasteiger partial charge in [0.05, 0.1) is 12.8 Å². The van der Waals surface area contributed by atoms with Crippen LogP contribution in [0, 0.1) is 0 Å². The van der Waals surface area contributed by atoms with Gasteiger partial charge >= 0.3 is 0 Å². The van der Waals surface area contributed by atoms with Gasteiger partial charge in [0.15, 0.2) is 0 Å². The first-order valence-electron chi connectivity index (χ1n) is 6.97. The number of benzene rings is 1. The minimum absolute atomic E-state index is 0.109. The summed E-state index contributed by atoms with van der Waals surface area (Å²) in [5.74, 6) is 0.151. The van der Waals surface area contributed by atoms with E-state index in [1.165, 1.54) is 0 Å². The Morgan fingerprint density at radius 1 is 1.26 bits per heavy atom. The highest BCUT2D eigenvalue weighted by Crippen LogP contribution is 2.24. The Bertz CT molecular complexity index is 408. The molecule has 0 aromatic heterocycles. The van der Waals surface area contributed by atoms with Crippen LogP contribution in [0.25, 0.3) is 0 Å². The highest BCUT2D eigenvalue weighted by atomic mass is 16.5. The van der Waals surface area contributed by atoms with Gasteiger partial charge in [-0.25, -0.2) is 0 Å². The maximum Gasteiger partial charge on any atom is 0.245 e. The number of nitrogens with zero attached hydrogens (tertiary/aromatic N) is 1. The van der Waals surface area contributed by atoms with E-state index in [1.54, 1.807) is 0 Å². The van der Waals surface area contributed by atoms with E-state index < -0.39 is 0 Å². The summed E-state index contributed by atoms with van der Waals surface area (Å²) in [5.41, 5.74) is 1.03. The van der Waals surface area contributed by atoms with Gasteiger partial charge in [-0.3, -0.25) is 10.1 Å². The Kier molecular flexibility index (Phi) is 4.93. The van der Waals surface area contributed by atoms with Crippen LogP contribution >= 0.6 is 0 Å². The van der Waals surface area contributed by atoms with Crippen molar-refractivity contribution in [1.29, 1.82) is 0 Å². The average molecular weight is 262 g/mol. The summed E-state index contributed by atoms with van der Waals surface area (Å²) in [5, 5.41) is 3.40. The van der Waals surface area contributed by atoms with Crippen molar-refractivity contribution < 1.29 is 9.53 Å². The molecule has 4 nitrogen and oxygen atoms in total. The smallest absolute Gasteiger partial charge is 0.245 e. The predicted molar refractivity (Wildman–Crippen MR) is 74.6 cm³/mol. The third-order valence-corrected chi connectivity index (χ3v) is 3.47. The van der Waals surface area contributed by atoms with Crippen LogP contribution in [0.5, 0.6) is 0 Å². The molecule has 0 saturated carbocycles. The van der Waals surface area contributed by atoms with Gasteiger partial charge in [0.25, 0.3) is 0 Å². The predicted octanol–water partition coefficient (Wildman–Crippen LogP) is 1.93. The summed E-state index contributed by atoms with van der Waals surface area (Å²) < 4.78 is 5.36. The van der Waals surface area contributed by atoms with E-state index in [-0.39, 0.29) is 18.1 Å². The van der Waals surface area contributed by atoms with Crippen LogP contribution in [0.1, 0.15) is 31.9 Å². The van der Waals surface area contributed by atoms with Crippen molar-refractivity contribution in [2.45, 2.75) is 32.5 Å². The van der Waals surface area contributed by atoms with Gasteiger partial charge in [-0.05, 0) is 18.9 Å². The molecule has 4 heteroatoms. The second kappa shape index (κ2) is 6.68.